The predicted octanol–water partition coefficient (Wildman–Crippen LogP) is 3.49. The molecule has 0 nitrogen and oxygen atoms in total. The van der Waals surface area contributed by atoms with Gasteiger partial charge in [0.15, 0.2) is 0 Å². The predicted molar refractivity (Wildman–Crippen MR) is 52.8 cm³/mol. The van der Waals surface area contributed by atoms with Crippen molar-refractivity contribution < 1.29 is 0 Å². The molecule has 2 rings (SSSR count). The van der Waals surface area contributed by atoms with Crippen molar-refractivity contribution in [1.82, 2.24) is 0 Å². The van der Waals surface area contributed by atoms with E-state index in [0.717, 1.165) is 29.6 Å². The van der Waals surface area contributed by atoms with Crippen LogP contribution in [0.15, 0.2) is 12.2 Å². The molecule has 0 radical (unpaired) electrons. The minimum Gasteiger partial charge on any atom is -0.0914 e. The van der Waals surface area contributed by atoms with Crippen LogP contribution in [0.2, 0.25) is 0 Å². The fourth-order valence-electron chi connectivity index (χ4n) is 3.54. The Bertz CT molecular complexity index is 192. The zero-order valence-electron chi connectivity index (χ0n) is 8.46. The fourth-order valence-corrected chi connectivity index (χ4v) is 3.54. The van der Waals surface area contributed by atoms with Crippen molar-refractivity contribution in [3.63, 3.8) is 0 Å². The Morgan fingerprint density at radius 1 is 1.08 bits per heavy atom. The van der Waals surface area contributed by atoms with Crippen molar-refractivity contribution >= 4 is 0 Å². The van der Waals surface area contributed by atoms with Crippen LogP contribution in [0, 0.1) is 29.6 Å². The van der Waals surface area contributed by atoms with Gasteiger partial charge < -0.3 is 0 Å². The number of rotatable bonds is 1. The molecule has 0 bridgehead atoms. The molecule has 0 aromatic carbocycles. The zero-order chi connectivity index (χ0) is 8.72. The normalized spacial score (nSPS) is 52.4. The molecule has 5 unspecified atom stereocenters. The van der Waals surface area contributed by atoms with Gasteiger partial charge in [-0.3, -0.25) is 0 Å². The summed E-state index contributed by atoms with van der Waals surface area (Å²) in [5.74, 6) is 5.02. The molecule has 2 aliphatic rings. The number of hydrogen-bond donors (Lipinski definition) is 0. The first kappa shape index (κ1) is 8.34. The Morgan fingerprint density at radius 2 is 1.83 bits per heavy atom. The molecule has 0 N–H and O–H groups in total. The summed E-state index contributed by atoms with van der Waals surface area (Å²) in [4.78, 5) is 0. The highest BCUT2D eigenvalue weighted by atomic mass is 14.5. The van der Waals surface area contributed by atoms with Crippen molar-refractivity contribution in [2.75, 3.05) is 0 Å². The maximum absolute atomic E-state index is 2.44. The van der Waals surface area contributed by atoms with E-state index in [1.54, 1.807) is 0 Å². The SMILES string of the molecule is CC=CC1CC(C)C2CC(C)C12. The van der Waals surface area contributed by atoms with E-state index in [1.807, 2.05) is 0 Å². The second kappa shape index (κ2) is 2.90. The van der Waals surface area contributed by atoms with Crippen molar-refractivity contribution in [1.29, 1.82) is 0 Å². The maximum atomic E-state index is 2.44. The summed E-state index contributed by atoms with van der Waals surface area (Å²) in [6.07, 6.45) is 7.63. The molecule has 0 aromatic rings. The molecule has 0 heteroatoms. The van der Waals surface area contributed by atoms with Gasteiger partial charge in [-0.2, -0.15) is 0 Å². The average Bonchev–Trinajstić information content (AvgIpc) is 2.22. The Kier molecular flexibility index (Phi) is 2.02. The Balaban J connectivity index is 2.08. The molecule has 68 valence electrons. The molecule has 0 spiro atoms. The van der Waals surface area contributed by atoms with Gasteiger partial charge in [-0.05, 0) is 49.4 Å². The lowest BCUT2D eigenvalue weighted by atomic mass is 9.63. The van der Waals surface area contributed by atoms with E-state index in [-0.39, 0.29) is 0 Å². The molecule has 5 atom stereocenters. The molecule has 0 heterocycles. The van der Waals surface area contributed by atoms with Crippen LogP contribution in [0.5, 0.6) is 0 Å². The molecular weight excluding hydrogens is 144 g/mol. The minimum absolute atomic E-state index is 0.916. The summed E-state index contributed by atoms with van der Waals surface area (Å²) in [7, 11) is 0. The topological polar surface area (TPSA) is 0 Å². The van der Waals surface area contributed by atoms with E-state index in [1.165, 1.54) is 12.8 Å². The van der Waals surface area contributed by atoms with Gasteiger partial charge in [0, 0.05) is 0 Å². The molecule has 2 saturated carbocycles. The molecule has 2 aliphatic carbocycles. The quantitative estimate of drug-likeness (QED) is 0.520. The standard InChI is InChI=1S/C12H20/c1-4-5-10-6-8(2)11-7-9(3)12(10)11/h4-5,8-12H,6-7H2,1-3H3. The van der Waals surface area contributed by atoms with Gasteiger partial charge in [0.05, 0.1) is 0 Å². The van der Waals surface area contributed by atoms with Crippen molar-refractivity contribution in [2.24, 2.45) is 29.6 Å². The second-order valence-corrected chi connectivity index (χ2v) is 4.86. The summed E-state index contributed by atoms with van der Waals surface area (Å²) in [6, 6.07) is 0. The van der Waals surface area contributed by atoms with Gasteiger partial charge >= 0.3 is 0 Å². The number of allylic oxidation sites excluding steroid dienone is 2. The highest BCUT2D eigenvalue weighted by molar-refractivity contribution is 5.05. The van der Waals surface area contributed by atoms with E-state index < -0.39 is 0 Å². The second-order valence-electron chi connectivity index (χ2n) is 4.86. The van der Waals surface area contributed by atoms with Gasteiger partial charge in [-0.15, -0.1) is 0 Å². The summed E-state index contributed by atoms with van der Waals surface area (Å²) in [6.45, 7) is 7.02. The van der Waals surface area contributed by atoms with Crippen LogP contribution in [0.4, 0.5) is 0 Å². The smallest absolute Gasteiger partial charge is 0.0197 e. The van der Waals surface area contributed by atoms with Gasteiger partial charge in [-0.25, -0.2) is 0 Å². The molecule has 12 heavy (non-hydrogen) atoms. The Labute approximate surface area is 76.1 Å². The zero-order valence-corrected chi connectivity index (χ0v) is 8.46. The van der Waals surface area contributed by atoms with Crippen LogP contribution in [-0.2, 0) is 0 Å². The molecule has 2 fully saturated rings. The van der Waals surface area contributed by atoms with Crippen LogP contribution < -0.4 is 0 Å². The van der Waals surface area contributed by atoms with E-state index in [2.05, 4.69) is 32.9 Å². The van der Waals surface area contributed by atoms with Crippen molar-refractivity contribution in [2.45, 2.75) is 33.6 Å². The van der Waals surface area contributed by atoms with Gasteiger partial charge in [-0.1, -0.05) is 26.0 Å². The third-order valence-electron chi connectivity index (χ3n) is 4.10. The minimum atomic E-state index is 0.916. The van der Waals surface area contributed by atoms with Crippen LogP contribution in [-0.4, -0.2) is 0 Å². The van der Waals surface area contributed by atoms with E-state index >= 15 is 0 Å². The molecular formula is C12H20. The fraction of sp³-hybridized carbons (Fsp3) is 0.833. The highest BCUT2D eigenvalue weighted by Gasteiger charge is 2.49. The number of fused-ring (bicyclic) bond motifs is 1. The van der Waals surface area contributed by atoms with E-state index in [4.69, 9.17) is 0 Å². The molecule has 0 amide bonds. The molecule has 0 aromatic heterocycles. The van der Waals surface area contributed by atoms with Crippen molar-refractivity contribution in [3.8, 4) is 0 Å². The van der Waals surface area contributed by atoms with E-state index in [0.29, 0.717) is 0 Å². The van der Waals surface area contributed by atoms with Crippen LogP contribution >= 0.6 is 0 Å². The number of hydrogen-bond acceptors (Lipinski definition) is 0. The summed E-state index contributed by atoms with van der Waals surface area (Å²) < 4.78 is 0. The van der Waals surface area contributed by atoms with Crippen LogP contribution in [0.25, 0.3) is 0 Å². The lowest BCUT2D eigenvalue weighted by Gasteiger charge is -2.42. The first-order chi connectivity index (χ1) is 5.74. The average molecular weight is 164 g/mol. The third kappa shape index (κ3) is 1.04. The summed E-state index contributed by atoms with van der Waals surface area (Å²) in [5.41, 5.74) is 0. The van der Waals surface area contributed by atoms with Crippen LogP contribution in [0.1, 0.15) is 33.6 Å². The Morgan fingerprint density at radius 3 is 2.42 bits per heavy atom. The van der Waals surface area contributed by atoms with E-state index in [9.17, 15) is 0 Å². The molecule has 0 aliphatic heterocycles. The van der Waals surface area contributed by atoms with Gasteiger partial charge in [0.1, 0.15) is 0 Å². The maximum Gasteiger partial charge on any atom is -0.0197 e. The first-order valence-electron chi connectivity index (χ1n) is 5.37. The van der Waals surface area contributed by atoms with Crippen molar-refractivity contribution in [3.05, 3.63) is 12.2 Å². The Hall–Kier alpha value is -0.260. The molecule has 0 saturated heterocycles. The van der Waals surface area contributed by atoms with Crippen LogP contribution in [0.3, 0.4) is 0 Å². The highest BCUT2D eigenvalue weighted by Crippen LogP contribution is 2.57. The monoisotopic (exact) mass is 164 g/mol. The summed E-state index contributed by atoms with van der Waals surface area (Å²) >= 11 is 0. The van der Waals surface area contributed by atoms with Gasteiger partial charge in [0.25, 0.3) is 0 Å². The summed E-state index contributed by atoms with van der Waals surface area (Å²) in [5, 5.41) is 0. The lowest BCUT2D eigenvalue weighted by Crippen LogP contribution is -2.35. The largest absolute Gasteiger partial charge is 0.0914 e. The first-order valence-corrected chi connectivity index (χ1v) is 5.37. The van der Waals surface area contributed by atoms with Gasteiger partial charge in [0.2, 0.25) is 0 Å². The lowest BCUT2D eigenvalue weighted by molar-refractivity contribution is 0.0768. The third-order valence-corrected chi connectivity index (χ3v) is 4.10.